The van der Waals surface area contributed by atoms with Crippen LogP contribution in [0.15, 0.2) is 146 Å². The summed E-state index contributed by atoms with van der Waals surface area (Å²) in [6, 6.07) is 50.7. The lowest BCUT2D eigenvalue weighted by Gasteiger charge is -2.68. The molecule has 5 aliphatic heterocycles. The van der Waals surface area contributed by atoms with Crippen LogP contribution in [0.2, 0.25) is 0 Å². The quantitative estimate of drug-likeness (QED) is 0.0557. The molecule has 14 aliphatic rings. The predicted molar refractivity (Wildman–Crippen MR) is 399 cm³/mol. The maximum atomic E-state index is 18.4. The van der Waals surface area contributed by atoms with Crippen molar-refractivity contribution in [2.45, 2.75) is 141 Å². The van der Waals surface area contributed by atoms with E-state index < -0.39 is 70.1 Å². The van der Waals surface area contributed by atoms with Gasteiger partial charge in [-0.2, -0.15) is 0 Å². The molecular formula is C85H83NO11S4. The molecule has 0 saturated heterocycles. The first-order valence-corrected chi connectivity index (χ1v) is 41.4. The number of hydrogen-bond donors (Lipinski definition) is 6. The van der Waals surface area contributed by atoms with E-state index in [1.165, 1.54) is 28.8 Å². The average molecular weight is 1420 g/mol. The molecule has 0 aromatic heterocycles. The maximum Gasteiger partial charge on any atom is 0.317 e. The molecule has 22 rings (SSSR count). The van der Waals surface area contributed by atoms with Gasteiger partial charge in [-0.05, 0) is 248 Å². The van der Waals surface area contributed by atoms with Crippen molar-refractivity contribution >= 4 is 76.7 Å². The number of esters is 2. The Kier molecular flexibility index (Phi) is 16.2. The Morgan fingerprint density at radius 3 is 2.37 bits per heavy atom. The van der Waals surface area contributed by atoms with Crippen molar-refractivity contribution in [3.63, 3.8) is 0 Å². The van der Waals surface area contributed by atoms with Crippen LogP contribution >= 0.6 is 43.2 Å². The fraction of sp³-hybridized carbons (Fsp3) is 0.435. The number of nitrogens with one attached hydrogen (secondary N) is 1. The van der Waals surface area contributed by atoms with Gasteiger partial charge in [-0.1, -0.05) is 152 Å². The molecule has 8 aromatic rings. The summed E-state index contributed by atoms with van der Waals surface area (Å²) >= 11 is 0. The van der Waals surface area contributed by atoms with Crippen LogP contribution in [0.1, 0.15) is 114 Å². The summed E-state index contributed by atoms with van der Waals surface area (Å²) in [6.45, 7) is 2.03. The molecule has 0 unspecified atom stereocenters. The van der Waals surface area contributed by atoms with Crippen molar-refractivity contribution in [2.75, 3.05) is 19.5 Å². The number of aromatic hydroxyl groups is 3. The number of carbonyl (C=O) groups excluding carboxylic acids is 2. The van der Waals surface area contributed by atoms with E-state index in [0.29, 0.717) is 37.3 Å². The highest BCUT2D eigenvalue weighted by Crippen LogP contribution is 2.73. The first-order valence-electron chi connectivity index (χ1n) is 36.6. The molecule has 0 amide bonds. The number of phenols is 3. The highest BCUT2D eigenvalue weighted by Gasteiger charge is 2.73. The molecule has 101 heavy (non-hydrogen) atoms. The van der Waals surface area contributed by atoms with E-state index in [4.69, 9.17) is 18.9 Å². The molecule has 1 spiro atoms. The second-order valence-corrected chi connectivity index (χ2v) is 36.4. The van der Waals surface area contributed by atoms with Crippen molar-refractivity contribution in [3.05, 3.63) is 196 Å². The average Bonchev–Trinajstić information content (AvgIpc) is 0.699. The molecule has 0 radical (unpaired) electrons. The van der Waals surface area contributed by atoms with Crippen molar-refractivity contribution in [3.8, 4) is 51.7 Å². The molecule has 8 aromatic carbocycles. The zero-order valence-corrected chi connectivity index (χ0v) is 59.8. The van der Waals surface area contributed by atoms with Crippen LogP contribution in [-0.2, 0) is 61.5 Å². The Bertz CT molecular complexity index is 4760. The molecule has 5 fully saturated rings. The van der Waals surface area contributed by atoms with Crippen LogP contribution in [0.25, 0.3) is 32.7 Å². The van der Waals surface area contributed by atoms with Gasteiger partial charge < -0.3 is 49.8 Å². The third-order valence-corrected chi connectivity index (χ3v) is 32.2. The topological polar surface area (TPSA) is 184 Å². The van der Waals surface area contributed by atoms with Gasteiger partial charge in [-0.3, -0.25) is 9.59 Å². The van der Waals surface area contributed by atoms with Gasteiger partial charge in [0.2, 0.25) is 0 Å². The number of hydrogen-bond acceptors (Lipinski definition) is 16. The number of methoxy groups -OCH3 is 1. The summed E-state index contributed by atoms with van der Waals surface area (Å²) in [5.74, 6) is 7.12. The third-order valence-electron chi connectivity index (χ3n) is 26.9. The Morgan fingerprint density at radius 1 is 0.673 bits per heavy atom. The number of benzene rings is 8. The van der Waals surface area contributed by atoms with Crippen molar-refractivity contribution in [1.29, 1.82) is 0 Å². The van der Waals surface area contributed by atoms with E-state index in [0.717, 1.165) is 109 Å². The standard InChI is InChI=1S/C85H83NO11S4/c1-43(87)96-75-35-57-34-65-63-37-77(73(90)30-52(63)28-66-72(89)38-69-64-36-74(91)76(94-2)31-53(64)29-70(75)84(69,81(65)66)54-17-14-45-9-3-4-11-47(45)26-54)95-40-78(92)100-99-42-67-68-22-20-58-59-21-23-71-50-16-19-60(79(67)82(59)101-98-41-51-12-6-5-10-46(51)25-50)80(58)85(68,83(93)97-57)55-18-15-49-27-56(88)33-62(61(49)32-55)48-13-7-8-44(24-48)39-86-71/h3-15,17-18,24,26-27,30-33,36-37,50,57-60,65-72,75,78-82,86,88-92H,20-23,25,28-29,34-35,38-42H2,1-2H3/t50-,57-,58+,59+,60+,65+,66-,67-,68-,69+,70+,71+,72-,75+,78+,79-,80+,81+,82+,84+,85+/m0/s1. The minimum absolute atomic E-state index is 0.00158. The van der Waals surface area contributed by atoms with E-state index in [-0.39, 0.29) is 107 Å². The summed E-state index contributed by atoms with van der Waals surface area (Å²) < 4.78 is 27.7. The molecule has 12 nitrogen and oxygen atoms in total. The summed E-state index contributed by atoms with van der Waals surface area (Å²) in [7, 11) is 8.64. The van der Waals surface area contributed by atoms with Gasteiger partial charge in [0.1, 0.15) is 35.4 Å². The molecule has 5 heterocycles. The monoisotopic (exact) mass is 1420 g/mol. The number of phenolic OH excluding ortho intramolecular Hbond substituents is 3. The highest BCUT2D eigenvalue weighted by molar-refractivity contribution is 8.77. The van der Waals surface area contributed by atoms with Gasteiger partial charge in [0.15, 0.2) is 23.0 Å². The van der Waals surface area contributed by atoms with Crippen LogP contribution in [0.5, 0.6) is 28.7 Å². The number of aliphatic hydroxyl groups excluding tert-OH is 2. The number of carbonyl (C=O) groups is 2. The molecular weight excluding hydrogens is 1340 g/mol. The highest BCUT2D eigenvalue weighted by atomic mass is 33.1. The van der Waals surface area contributed by atoms with Gasteiger partial charge in [-0.25, -0.2) is 0 Å². The second-order valence-electron chi connectivity index (χ2n) is 31.3. The Hall–Kier alpha value is -6.94. The first-order chi connectivity index (χ1) is 49.2. The Balaban J connectivity index is 0.873. The van der Waals surface area contributed by atoms with Crippen molar-refractivity contribution in [2.24, 2.45) is 65.1 Å². The Morgan fingerprint density at radius 2 is 1.50 bits per heavy atom. The lowest BCUT2D eigenvalue weighted by atomic mass is 9.36. The fourth-order valence-corrected chi connectivity index (χ4v) is 29.1. The van der Waals surface area contributed by atoms with E-state index >= 15 is 4.79 Å². The van der Waals surface area contributed by atoms with Gasteiger partial charge in [-0.15, -0.1) is 0 Å². The van der Waals surface area contributed by atoms with E-state index in [1.54, 1.807) is 24.0 Å². The number of aliphatic hydroxyl groups is 2. The minimum Gasteiger partial charge on any atom is -0.508 e. The number of ether oxygens (including phenoxy) is 4. The lowest BCUT2D eigenvalue weighted by molar-refractivity contribution is -0.195. The summed E-state index contributed by atoms with van der Waals surface area (Å²) in [4.78, 5) is 32.9. The molecule has 6 N–H and O–H groups in total. The zero-order chi connectivity index (χ0) is 68.3. The third kappa shape index (κ3) is 10.3. The SMILES string of the molecule is COc1cc2c(cc1O)[C@H]1C[C@H](O)[C@@H]3Cc4cc(O)c5cc4[C@H]4C[C@@H](C[C@@H](OC(C)=O)[C@@H](C2)[C@]1(c1ccc2ccccc2c1)[C@@H]34)OC(=O)[C@]12c3ccc4cc(O)cc(c4c3)-c3cccc(c3)CN[C@@H]3CC[C@@H]4[C@H]6CC[C@H]1[C@H](CSS[C@@H](O)CO5)[C@@H]1[C@@H](C#C[C@H]3Cc3ccccc3CSS[C@H]41)[C@@H]62. The number of rotatable bonds is 3. The van der Waals surface area contributed by atoms with E-state index in [9.17, 15) is 30.3 Å². The van der Waals surface area contributed by atoms with Gasteiger partial charge in [0.25, 0.3) is 0 Å². The van der Waals surface area contributed by atoms with Crippen LogP contribution in [0.4, 0.5) is 0 Å². The van der Waals surface area contributed by atoms with Gasteiger partial charge in [0.05, 0.1) is 13.2 Å². The van der Waals surface area contributed by atoms with Crippen molar-refractivity contribution in [1.82, 2.24) is 5.32 Å². The Labute approximate surface area is 605 Å². The molecule has 5 saturated carbocycles. The van der Waals surface area contributed by atoms with Crippen LogP contribution in [0.3, 0.4) is 0 Å². The number of fused-ring (bicyclic) bond motifs is 8. The summed E-state index contributed by atoms with van der Waals surface area (Å²) in [6.07, 6.45) is 3.33. The molecule has 19 bridgehead atoms. The minimum atomic E-state index is -1.29. The van der Waals surface area contributed by atoms with Gasteiger partial charge >= 0.3 is 11.9 Å². The van der Waals surface area contributed by atoms with E-state index in [1.807, 2.05) is 47.2 Å². The molecule has 21 atom stereocenters. The van der Waals surface area contributed by atoms with Crippen LogP contribution < -0.4 is 14.8 Å². The smallest absolute Gasteiger partial charge is 0.317 e. The molecule has 16 heteroatoms. The van der Waals surface area contributed by atoms with Crippen LogP contribution in [0, 0.1) is 76.9 Å². The van der Waals surface area contributed by atoms with E-state index in [2.05, 4.69) is 131 Å². The lowest BCUT2D eigenvalue weighted by Crippen LogP contribution is -2.71. The molecule has 518 valence electrons. The predicted octanol–water partition coefficient (Wildman–Crippen LogP) is 15.5. The normalized spacial score (nSPS) is 35.5. The summed E-state index contributed by atoms with van der Waals surface area (Å²) in [5.41, 5.74) is 8.01. The zero-order valence-electron chi connectivity index (χ0n) is 56.5. The van der Waals surface area contributed by atoms with Gasteiger partial charge in [0, 0.05) is 65.9 Å². The summed E-state index contributed by atoms with van der Waals surface area (Å²) in [5, 5.41) is 70.0. The van der Waals surface area contributed by atoms with Crippen molar-refractivity contribution < 1.29 is 54.1 Å². The fourth-order valence-electron chi connectivity index (χ4n) is 23.3. The van der Waals surface area contributed by atoms with Crippen LogP contribution in [-0.4, -0.2) is 92.0 Å². The maximum absolute atomic E-state index is 18.4. The first kappa shape index (κ1) is 64.9. The second kappa shape index (κ2) is 25.2. The largest absolute Gasteiger partial charge is 0.508 e. The molecule has 9 aliphatic carbocycles.